The van der Waals surface area contributed by atoms with E-state index in [2.05, 4.69) is 20.8 Å². The van der Waals surface area contributed by atoms with Gasteiger partial charge in [0.1, 0.15) is 6.54 Å². The maximum atomic E-state index is 12.8. The first-order chi connectivity index (χ1) is 9.59. The zero-order valence-electron chi connectivity index (χ0n) is 13.2. The van der Waals surface area contributed by atoms with Crippen LogP contribution in [0.25, 0.3) is 0 Å². The van der Waals surface area contributed by atoms with Crippen LogP contribution in [0.15, 0.2) is 0 Å². The molecule has 3 amide bonds. The predicted molar refractivity (Wildman–Crippen MR) is 83.0 cm³/mol. The molecule has 0 aromatic rings. The third-order valence-corrected chi connectivity index (χ3v) is 10.8. The molecule has 5 heteroatoms. The Balaban J connectivity index is 2.19. The molecule has 0 bridgehead atoms. The van der Waals surface area contributed by atoms with E-state index in [-0.39, 0.29) is 11.9 Å². The molecule has 0 unspecified atom stereocenters. The molecule has 0 aromatic heterocycles. The Morgan fingerprint density at radius 2 is 1.55 bits per heavy atom. The lowest BCUT2D eigenvalue weighted by atomic mass is 9.94. The van der Waals surface area contributed by atoms with Gasteiger partial charge in [-0.3, -0.25) is 9.36 Å². The van der Waals surface area contributed by atoms with Gasteiger partial charge in [0.15, 0.2) is 8.24 Å². The fourth-order valence-corrected chi connectivity index (χ4v) is 7.47. The zero-order chi connectivity index (χ0) is 14.8. The second kappa shape index (κ2) is 6.29. The Morgan fingerprint density at radius 3 is 2.05 bits per heavy atom. The summed E-state index contributed by atoms with van der Waals surface area (Å²) in [5.41, 5.74) is 0. The number of urea groups is 1. The van der Waals surface area contributed by atoms with Crippen molar-refractivity contribution in [3.05, 3.63) is 0 Å². The first-order valence-electron chi connectivity index (χ1n) is 8.23. The van der Waals surface area contributed by atoms with E-state index in [4.69, 9.17) is 0 Å². The highest BCUT2D eigenvalue weighted by Gasteiger charge is 2.49. The molecule has 4 nitrogen and oxygen atoms in total. The van der Waals surface area contributed by atoms with Crippen LogP contribution in [0, 0.1) is 0 Å². The molecule has 2 aliphatic rings. The summed E-state index contributed by atoms with van der Waals surface area (Å²) in [5, 5.41) is 0. The fraction of sp³-hybridized carbons (Fsp3) is 0.867. The smallest absolute Gasteiger partial charge is 0.313 e. The standard InChI is InChI=1S/C15H28N2O2Si/c1-4-20(5-2,6-3)17-14(18)12-16(15(17)19)13-10-8-7-9-11-13/h13H,4-12H2,1-3H3. The van der Waals surface area contributed by atoms with E-state index in [1.54, 1.807) is 4.57 Å². The Bertz CT molecular complexity index is 368. The van der Waals surface area contributed by atoms with Gasteiger partial charge in [-0.25, -0.2) is 4.79 Å². The van der Waals surface area contributed by atoms with Crippen LogP contribution in [0.2, 0.25) is 18.1 Å². The molecule has 2 rings (SSSR count). The molecule has 0 radical (unpaired) electrons. The predicted octanol–water partition coefficient (Wildman–Crippen LogP) is 3.59. The average Bonchev–Trinajstić information content (AvgIpc) is 2.79. The largest absolute Gasteiger partial charge is 0.319 e. The van der Waals surface area contributed by atoms with Crippen LogP contribution in [0.5, 0.6) is 0 Å². The van der Waals surface area contributed by atoms with E-state index in [0.29, 0.717) is 12.6 Å². The molecular formula is C15H28N2O2Si. The Hall–Kier alpha value is -0.843. The molecule has 0 N–H and O–H groups in total. The van der Waals surface area contributed by atoms with Gasteiger partial charge in [-0.05, 0) is 31.0 Å². The summed E-state index contributed by atoms with van der Waals surface area (Å²) >= 11 is 0. The molecule has 0 spiro atoms. The molecule has 0 atom stereocenters. The Morgan fingerprint density at radius 1 is 1.00 bits per heavy atom. The molecule has 1 saturated heterocycles. The van der Waals surface area contributed by atoms with Gasteiger partial charge in [0.2, 0.25) is 5.91 Å². The molecule has 1 heterocycles. The Labute approximate surface area is 123 Å². The van der Waals surface area contributed by atoms with Crippen molar-refractivity contribution in [3.63, 3.8) is 0 Å². The van der Waals surface area contributed by atoms with Gasteiger partial charge in [0, 0.05) is 6.04 Å². The number of amides is 3. The summed E-state index contributed by atoms with van der Waals surface area (Å²) in [6.45, 7) is 6.76. The normalized spacial score (nSPS) is 21.9. The lowest BCUT2D eigenvalue weighted by Gasteiger charge is -2.37. The van der Waals surface area contributed by atoms with Crippen LogP contribution in [0.3, 0.4) is 0 Å². The quantitative estimate of drug-likeness (QED) is 0.574. The molecule has 2 fully saturated rings. The maximum Gasteiger partial charge on any atom is 0.319 e. The summed E-state index contributed by atoms with van der Waals surface area (Å²) in [6, 6.07) is 3.28. The van der Waals surface area contributed by atoms with Crippen LogP contribution in [-0.2, 0) is 4.79 Å². The van der Waals surface area contributed by atoms with Crippen molar-refractivity contribution in [1.29, 1.82) is 0 Å². The van der Waals surface area contributed by atoms with Gasteiger partial charge in [0.25, 0.3) is 0 Å². The van der Waals surface area contributed by atoms with Crippen molar-refractivity contribution in [2.45, 2.75) is 77.0 Å². The molecular weight excluding hydrogens is 268 g/mol. The van der Waals surface area contributed by atoms with Crippen LogP contribution in [0.1, 0.15) is 52.9 Å². The van der Waals surface area contributed by atoms with Crippen LogP contribution in [-0.4, -0.2) is 42.2 Å². The minimum absolute atomic E-state index is 0.0270. The van der Waals surface area contributed by atoms with Gasteiger partial charge in [0.05, 0.1) is 0 Å². The van der Waals surface area contributed by atoms with E-state index in [1.165, 1.54) is 19.3 Å². The lowest BCUT2D eigenvalue weighted by molar-refractivity contribution is -0.122. The average molecular weight is 296 g/mol. The minimum Gasteiger partial charge on any atom is -0.313 e. The van der Waals surface area contributed by atoms with Gasteiger partial charge in [-0.15, -0.1) is 0 Å². The Kier molecular flexibility index (Phi) is 4.89. The summed E-state index contributed by atoms with van der Waals surface area (Å²) in [5.74, 6) is 0.0674. The summed E-state index contributed by atoms with van der Waals surface area (Å²) in [7, 11) is -1.92. The SMILES string of the molecule is CC[Si](CC)(CC)N1C(=O)CN(C2CCCCC2)C1=O. The molecule has 1 aliphatic carbocycles. The molecule has 1 aliphatic heterocycles. The second-order valence-electron chi connectivity index (χ2n) is 6.22. The topological polar surface area (TPSA) is 40.6 Å². The van der Waals surface area contributed by atoms with E-state index < -0.39 is 8.24 Å². The van der Waals surface area contributed by atoms with Gasteiger partial charge < -0.3 is 4.90 Å². The molecule has 114 valence electrons. The van der Waals surface area contributed by atoms with Gasteiger partial charge in [-0.2, -0.15) is 0 Å². The number of carbonyl (C=O) groups excluding carboxylic acids is 2. The second-order valence-corrected chi connectivity index (χ2v) is 11.2. The number of nitrogens with zero attached hydrogens (tertiary/aromatic N) is 2. The van der Waals surface area contributed by atoms with E-state index in [0.717, 1.165) is 31.0 Å². The molecule has 20 heavy (non-hydrogen) atoms. The van der Waals surface area contributed by atoms with Crippen LogP contribution < -0.4 is 0 Å². The number of rotatable bonds is 5. The number of imide groups is 1. The lowest BCUT2D eigenvalue weighted by Crippen LogP contribution is -2.56. The summed E-state index contributed by atoms with van der Waals surface area (Å²) in [4.78, 5) is 27.1. The van der Waals surface area contributed by atoms with Gasteiger partial charge >= 0.3 is 6.03 Å². The van der Waals surface area contributed by atoms with E-state index in [1.807, 2.05) is 4.90 Å². The van der Waals surface area contributed by atoms with E-state index in [9.17, 15) is 9.59 Å². The van der Waals surface area contributed by atoms with Crippen molar-refractivity contribution in [1.82, 2.24) is 9.47 Å². The van der Waals surface area contributed by atoms with Crippen molar-refractivity contribution in [2.24, 2.45) is 0 Å². The highest BCUT2D eigenvalue weighted by Crippen LogP contribution is 2.32. The molecule has 1 saturated carbocycles. The molecule has 0 aromatic carbocycles. The van der Waals surface area contributed by atoms with Crippen molar-refractivity contribution in [3.8, 4) is 0 Å². The number of hydrogen-bond donors (Lipinski definition) is 0. The first-order valence-corrected chi connectivity index (χ1v) is 10.8. The number of hydrogen-bond acceptors (Lipinski definition) is 2. The third-order valence-electron chi connectivity index (χ3n) is 5.46. The maximum absolute atomic E-state index is 12.8. The van der Waals surface area contributed by atoms with E-state index >= 15 is 0 Å². The first kappa shape index (κ1) is 15.5. The van der Waals surface area contributed by atoms with Crippen LogP contribution >= 0.6 is 0 Å². The monoisotopic (exact) mass is 296 g/mol. The zero-order valence-corrected chi connectivity index (χ0v) is 14.2. The highest BCUT2D eigenvalue weighted by atomic mass is 28.3. The van der Waals surface area contributed by atoms with Crippen LogP contribution in [0.4, 0.5) is 4.79 Å². The number of carbonyl (C=O) groups is 2. The summed E-state index contributed by atoms with van der Waals surface area (Å²) < 4.78 is 1.72. The van der Waals surface area contributed by atoms with Gasteiger partial charge in [-0.1, -0.05) is 40.0 Å². The minimum atomic E-state index is -1.92. The van der Waals surface area contributed by atoms with Crippen molar-refractivity contribution in [2.75, 3.05) is 6.54 Å². The van der Waals surface area contributed by atoms with Crippen molar-refractivity contribution >= 4 is 20.2 Å². The van der Waals surface area contributed by atoms with Crippen molar-refractivity contribution < 1.29 is 9.59 Å². The third kappa shape index (κ3) is 2.52. The highest BCUT2D eigenvalue weighted by molar-refractivity contribution is 6.81. The fourth-order valence-electron chi connectivity index (χ4n) is 3.89. The summed E-state index contributed by atoms with van der Waals surface area (Å²) in [6.07, 6.45) is 5.81.